The summed E-state index contributed by atoms with van der Waals surface area (Å²) in [5.41, 5.74) is 7.17. The average Bonchev–Trinajstić information content (AvgIpc) is 2.27. The molecule has 2 N–H and O–H groups in total. The summed E-state index contributed by atoms with van der Waals surface area (Å²) >= 11 is 0. The Balaban J connectivity index is 0.00000225. The number of hydrogen-bond acceptors (Lipinski definition) is 2. The number of allylic oxidation sites excluding steroid dienone is 1. The Morgan fingerprint density at radius 1 is 1.38 bits per heavy atom. The minimum absolute atomic E-state index is 0. The van der Waals surface area contributed by atoms with Gasteiger partial charge >= 0.3 is 0 Å². The maximum atomic E-state index is 6.02. The van der Waals surface area contributed by atoms with Crippen LogP contribution in [0.25, 0.3) is 0 Å². The van der Waals surface area contributed by atoms with Crippen molar-refractivity contribution in [2.75, 3.05) is 6.61 Å². The molecule has 1 atom stereocenters. The third-order valence-corrected chi connectivity index (χ3v) is 2.30. The third kappa shape index (κ3) is 4.69. The molecule has 0 unspecified atom stereocenters. The minimum atomic E-state index is 0. The summed E-state index contributed by atoms with van der Waals surface area (Å²) in [5.74, 6) is 0.900. The van der Waals surface area contributed by atoms with Gasteiger partial charge in [-0.25, -0.2) is 0 Å². The molecule has 3 heteroatoms. The van der Waals surface area contributed by atoms with E-state index in [2.05, 4.69) is 6.58 Å². The van der Waals surface area contributed by atoms with E-state index in [1.807, 2.05) is 37.3 Å². The Kier molecular flexibility index (Phi) is 7.69. The summed E-state index contributed by atoms with van der Waals surface area (Å²) in [6.45, 7) is 6.36. The van der Waals surface area contributed by atoms with Gasteiger partial charge in [-0.2, -0.15) is 0 Å². The van der Waals surface area contributed by atoms with E-state index in [0.717, 1.165) is 24.2 Å². The van der Waals surface area contributed by atoms with E-state index in [9.17, 15) is 0 Å². The van der Waals surface area contributed by atoms with Crippen LogP contribution in [0.5, 0.6) is 5.75 Å². The van der Waals surface area contributed by atoms with Gasteiger partial charge in [0, 0.05) is 6.04 Å². The van der Waals surface area contributed by atoms with E-state index >= 15 is 0 Å². The minimum Gasteiger partial charge on any atom is -0.494 e. The van der Waals surface area contributed by atoms with E-state index in [1.54, 1.807) is 0 Å². The Labute approximate surface area is 104 Å². The van der Waals surface area contributed by atoms with Gasteiger partial charge in [0.05, 0.1) is 6.61 Å². The van der Waals surface area contributed by atoms with Gasteiger partial charge < -0.3 is 10.5 Å². The van der Waals surface area contributed by atoms with Crippen LogP contribution in [0.1, 0.15) is 31.4 Å². The molecule has 1 rings (SSSR count). The van der Waals surface area contributed by atoms with Crippen molar-refractivity contribution in [3.05, 3.63) is 42.5 Å². The number of ether oxygens (including phenoxy) is 1. The highest BCUT2D eigenvalue weighted by molar-refractivity contribution is 5.85. The lowest BCUT2D eigenvalue weighted by Crippen LogP contribution is -2.09. The van der Waals surface area contributed by atoms with Gasteiger partial charge in [-0.15, -0.1) is 19.0 Å². The van der Waals surface area contributed by atoms with Crippen LogP contribution in [0.2, 0.25) is 0 Å². The van der Waals surface area contributed by atoms with Crippen LogP contribution in [0.15, 0.2) is 36.9 Å². The third-order valence-electron chi connectivity index (χ3n) is 2.30. The van der Waals surface area contributed by atoms with Crippen molar-refractivity contribution in [1.29, 1.82) is 0 Å². The van der Waals surface area contributed by atoms with Gasteiger partial charge in [-0.1, -0.05) is 18.2 Å². The standard InChI is InChI=1S/C13H19NO.ClH/c1-3-5-6-13(14)11-7-9-12(10-8-11)15-4-2;/h3,7-10,13H,1,4-6,14H2,2H3;1H/t13-;/m0./s1. The van der Waals surface area contributed by atoms with E-state index < -0.39 is 0 Å². The second-order valence-corrected chi connectivity index (χ2v) is 3.47. The van der Waals surface area contributed by atoms with Crippen molar-refractivity contribution in [2.24, 2.45) is 5.73 Å². The molecule has 0 heterocycles. The van der Waals surface area contributed by atoms with Crippen LogP contribution in [0.4, 0.5) is 0 Å². The van der Waals surface area contributed by atoms with E-state index in [4.69, 9.17) is 10.5 Å². The van der Waals surface area contributed by atoms with Crippen molar-refractivity contribution >= 4 is 12.4 Å². The number of halogens is 1. The van der Waals surface area contributed by atoms with Crippen molar-refractivity contribution in [1.82, 2.24) is 0 Å². The first kappa shape index (κ1) is 15.0. The molecule has 0 aromatic heterocycles. The van der Waals surface area contributed by atoms with Gasteiger partial charge in [0.15, 0.2) is 0 Å². The van der Waals surface area contributed by atoms with E-state index in [-0.39, 0.29) is 18.4 Å². The van der Waals surface area contributed by atoms with Crippen LogP contribution in [0.3, 0.4) is 0 Å². The molecule has 1 aromatic carbocycles. The molecule has 0 spiro atoms. The fourth-order valence-electron chi connectivity index (χ4n) is 1.44. The Morgan fingerprint density at radius 3 is 2.50 bits per heavy atom. The van der Waals surface area contributed by atoms with E-state index in [1.165, 1.54) is 0 Å². The van der Waals surface area contributed by atoms with Crippen molar-refractivity contribution in [3.8, 4) is 5.75 Å². The van der Waals surface area contributed by atoms with Crippen molar-refractivity contribution in [3.63, 3.8) is 0 Å². The lowest BCUT2D eigenvalue weighted by atomic mass is 10.0. The van der Waals surface area contributed by atoms with Crippen LogP contribution >= 0.6 is 12.4 Å². The van der Waals surface area contributed by atoms with Crippen LogP contribution in [-0.2, 0) is 0 Å². The highest BCUT2D eigenvalue weighted by atomic mass is 35.5. The predicted octanol–water partition coefficient (Wildman–Crippen LogP) is 3.47. The molecule has 1 aromatic rings. The van der Waals surface area contributed by atoms with E-state index in [0.29, 0.717) is 6.61 Å². The number of nitrogens with two attached hydrogens (primary N) is 1. The van der Waals surface area contributed by atoms with Crippen molar-refractivity contribution in [2.45, 2.75) is 25.8 Å². The zero-order valence-electron chi connectivity index (χ0n) is 9.69. The maximum Gasteiger partial charge on any atom is 0.119 e. The zero-order valence-corrected chi connectivity index (χ0v) is 10.5. The van der Waals surface area contributed by atoms with Crippen LogP contribution in [-0.4, -0.2) is 6.61 Å². The molecule has 90 valence electrons. The Morgan fingerprint density at radius 2 is 2.00 bits per heavy atom. The summed E-state index contributed by atoms with van der Waals surface area (Å²) in [6, 6.07) is 8.08. The molecule has 16 heavy (non-hydrogen) atoms. The molecule has 0 aliphatic heterocycles. The zero-order chi connectivity index (χ0) is 11.1. The smallest absolute Gasteiger partial charge is 0.119 e. The van der Waals surface area contributed by atoms with Gasteiger partial charge in [-0.3, -0.25) is 0 Å². The fraction of sp³-hybridized carbons (Fsp3) is 0.385. The van der Waals surface area contributed by atoms with Crippen LogP contribution in [0, 0.1) is 0 Å². The molecule has 0 bridgehead atoms. The van der Waals surface area contributed by atoms with Gasteiger partial charge in [0.1, 0.15) is 5.75 Å². The molecule has 0 radical (unpaired) electrons. The number of hydrogen-bond donors (Lipinski definition) is 1. The van der Waals surface area contributed by atoms with Crippen LogP contribution < -0.4 is 10.5 Å². The molecule has 0 fully saturated rings. The summed E-state index contributed by atoms with van der Waals surface area (Å²) in [7, 11) is 0. The van der Waals surface area contributed by atoms with Gasteiger partial charge in [0.25, 0.3) is 0 Å². The maximum absolute atomic E-state index is 6.02. The molecular formula is C13H20ClNO. The Bertz CT molecular complexity index is 297. The molecule has 0 aliphatic rings. The van der Waals surface area contributed by atoms with Gasteiger partial charge in [-0.05, 0) is 37.5 Å². The SMILES string of the molecule is C=CCC[C@H](N)c1ccc(OCC)cc1.Cl. The number of benzene rings is 1. The number of rotatable bonds is 6. The second-order valence-electron chi connectivity index (χ2n) is 3.47. The second kappa shape index (κ2) is 8.20. The molecule has 0 saturated heterocycles. The average molecular weight is 242 g/mol. The predicted molar refractivity (Wildman–Crippen MR) is 71.2 cm³/mol. The molecular weight excluding hydrogens is 222 g/mol. The fourth-order valence-corrected chi connectivity index (χ4v) is 1.44. The lowest BCUT2D eigenvalue weighted by Gasteiger charge is -2.11. The summed E-state index contributed by atoms with van der Waals surface area (Å²) in [6.07, 6.45) is 3.79. The van der Waals surface area contributed by atoms with Crippen molar-refractivity contribution < 1.29 is 4.74 Å². The monoisotopic (exact) mass is 241 g/mol. The first-order valence-electron chi connectivity index (χ1n) is 5.37. The summed E-state index contributed by atoms with van der Waals surface area (Å²) < 4.78 is 5.36. The molecule has 0 amide bonds. The molecule has 0 aliphatic carbocycles. The topological polar surface area (TPSA) is 35.2 Å². The highest BCUT2D eigenvalue weighted by Gasteiger charge is 2.04. The highest BCUT2D eigenvalue weighted by Crippen LogP contribution is 2.19. The molecule has 0 saturated carbocycles. The Hall–Kier alpha value is -0.990. The lowest BCUT2D eigenvalue weighted by molar-refractivity contribution is 0.340. The molecule has 2 nitrogen and oxygen atoms in total. The first-order valence-corrected chi connectivity index (χ1v) is 5.37. The largest absolute Gasteiger partial charge is 0.494 e. The summed E-state index contributed by atoms with van der Waals surface area (Å²) in [4.78, 5) is 0. The first-order chi connectivity index (χ1) is 7.27. The summed E-state index contributed by atoms with van der Waals surface area (Å²) in [5, 5.41) is 0. The normalized spacial score (nSPS) is 11.4. The quantitative estimate of drug-likeness (QED) is 0.774. The van der Waals surface area contributed by atoms with Gasteiger partial charge in [0.2, 0.25) is 0 Å².